The lowest BCUT2D eigenvalue weighted by molar-refractivity contribution is 0.138. The molecule has 130 valence electrons. The molecule has 2 heterocycles. The summed E-state index contributed by atoms with van der Waals surface area (Å²) < 4.78 is 5.03. The number of cyclic esters (lactones) is 1. The number of ether oxygens (including phenoxy) is 1. The smallest absolute Gasteiger partial charge is 0.410 e. The molecule has 1 aliphatic carbocycles. The fourth-order valence-corrected chi connectivity index (χ4v) is 3.50. The van der Waals surface area contributed by atoms with Gasteiger partial charge in [-0.15, -0.1) is 0 Å². The summed E-state index contributed by atoms with van der Waals surface area (Å²) in [5, 5.41) is 14.5. The van der Waals surface area contributed by atoms with E-state index in [0.717, 1.165) is 25.7 Å². The summed E-state index contributed by atoms with van der Waals surface area (Å²) in [6.07, 6.45) is 5.16. The van der Waals surface area contributed by atoms with Crippen molar-refractivity contribution in [2.45, 2.75) is 44.7 Å². The van der Waals surface area contributed by atoms with Crippen molar-refractivity contribution in [2.75, 3.05) is 30.8 Å². The van der Waals surface area contributed by atoms with Crippen LogP contribution in [-0.2, 0) is 4.74 Å². The van der Waals surface area contributed by atoms with E-state index in [4.69, 9.17) is 10.1 Å². The van der Waals surface area contributed by atoms with Gasteiger partial charge in [0.1, 0.15) is 24.6 Å². The summed E-state index contributed by atoms with van der Waals surface area (Å²) in [7, 11) is 1.79. The van der Waals surface area contributed by atoms with Crippen molar-refractivity contribution in [2.24, 2.45) is 0 Å². The maximum atomic E-state index is 11.7. The first-order valence-electron chi connectivity index (χ1n) is 8.38. The van der Waals surface area contributed by atoms with Gasteiger partial charge in [0.05, 0.1) is 12.1 Å². The molecule has 1 aliphatic heterocycles. The van der Waals surface area contributed by atoms with Crippen molar-refractivity contribution in [3.05, 3.63) is 11.9 Å². The highest BCUT2D eigenvalue weighted by Gasteiger charge is 2.33. The maximum absolute atomic E-state index is 11.7. The van der Waals surface area contributed by atoms with Crippen molar-refractivity contribution in [1.29, 1.82) is 5.41 Å². The highest BCUT2D eigenvalue weighted by molar-refractivity contribution is 6.04. The Kier molecular flexibility index (Phi) is 4.82. The zero-order chi connectivity index (χ0) is 17.1. The van der Waals surface area contributed by atoms with E-state index < -0.39 is 0 Å². The lowest BCUT2D eigenvalue weighted by Crippen LogP contribution is -2.41. The summed E-state index contributed by atoms with van der Waals surface area (Å²) in [4.78, 5) is 22.0. The van der Waals surface area contributed by atoms with Crippen LogP contribution in [0.15, 0.2) is 6.33 Å². The summed E-state index contributed by atoms with van der Waals surface area (Å²) in [5.41, 5.74) is 1.14. The minimum absolute atomic E-state index is 0.178. The van der Waals surface area contributed by atoms with E-state index >= 15 is 0 Å². The topological polar surface area (TPSA) is 103 Å². The number of rotatable bonds is 5. The van der Waals surface area contributed by atoms with Crippen molar-refractivity contribution in [3.63, 3.8) is 0 Å². The molecule has 0 radical (unpaired) electrons. The molecule has 1 saturated heterocycles. The Bertz CT molecular complexity index is 627. The van der Waals surface area contributed by atoms with Crippen LogP contribution in [0.25, 0.3) is 0 Å². The van der Waals surface area contributed by atoms with Gasteiger partial charge < -0.3 is 25.7 Å². The summed E-state index contributed by atoms with van der Waals surface area (Å²) in [6, 6.07) is 0.567. The van der Waals surface area contributed by atoms with Gasteiger partial charge in [-0.05, 0) is 32.6 Å². The predicted molar refractivity (Wildman–Crippen MR) is 91.8 cm³/mol. The highest BCUT2D eigenvalue weighted by atomic mass is 16.6. The van der Waals surface area contributed by atoms with E-state index in [0.29, 0.717) is 36.1 Å². The Morgan fingerprint density at radius 2 is 2.00 bits per heavy atom. The maximum Gasteiger partial charge on any atom is 0.410 e. The van der Waals surface area contributed by atoms with Gasteiger partial charge in [-0.25, -0.2) is 14.8 Å². The fraction of sp³-hybridized carbons (Fsp3) is 0.625. The fourth-order valence-electron chi connectivity index (χ4n) is 3.50. The quantitative estimate of drug-likeness (QED) is 0.713. The monoisotopic (exact) mass is 332 g/mol. The standard InChI is InChI=1S/C16H24N6O2/c1-10(17)13-14(18-2)19-9-20-15(13)21-11-3-5-12(6-4-11)22-7-8-24-16(22)23/h9,11-12,17H,3-8H2,1-2H3,(H2,18,19,20,21). The molecule has 8 nitrogen and oxygen atoms in total. The van der Waals surface area contributed by atoms with Gasteiger partial charge in [0, 0.05) is 24.8 Å². The molecule has 2 aliphatic rings. The predicted octanol–water partition coefficient (Wildman–Crippen LogP) is 2.08. The molecule has 1 aromatic rings. The van der Waals surface area contributed by atoms with Crippen LogP contribution in [0, 0.1) is 5.41 Å². The second-order valence-electron chi connectivity index (χ2n) is 6.28. The minimum atomic E-state index is -0.178. The summed E-state index contributed by atoms with van der Waals surface area (Å²) in [5.74, 6) is 1.36. The molecule has 0 aromatic carbocycles. The van der Waals surface area contributed by atoms with Crippen LogP contribution in [0.2, 0.25) is 0 Å². The normalized spacial score (nSPS) is 23.8. The van der Waals surface area contributed by atoms with Crippen LogP contribution in [-0.4, -0.2) is 59.0 Å². The van der Waals surface area contributed by atoms with Crippen LogP contribution in [0.3, 0.4) is 0 Å². The Hall–Kier alpha value is -2.38. The Morgan fingerprint density at radius 1 is 1.29 bits per heavy atom. The third-order valence-corrected chi connectivity index (χ3v) is 4.73. The minimum Gasteiger partial charge on any atom is -0.448 e. The molecule has 0 atom stereocenters. The van der Waals surface area contributed by atoms with Gasteiger partial charge in [-0.1, -0.05) is 0 Å². The number of hydrogen-bond donors (Lipinski definition) is 3. The second kappa shape index (κ2) is 7.02. The average Bonchev–Trinajstić information content (AvgIpc) is 3.01. The summed E-state index contributed by atoms with van der Waals surface area (Å²) >= 11 is 0. The van der Waals surface area contributed by atoms with E-state index in [1.165, 1.54) is 6.33 Å². The molecule has 0 bridgehead atoms. The van der Waals surface area contributed by atoms with E-state index in [9.17, 15) is 4.79 Å². The lowest BCUT2D eigenvalue weighted by atomic mass is 9.90. The van der Waals surface area contributed by atoms with E-state index in [-0.39, 0.29) is 18.2 Å². The second-order valence-corrected chi connectivity index (χ2v) is 6.28. The van der Waals surface area contributed by atoms with Crippen LogP contribution in [0.1, 0.15) is 38.2 Å². The number of carbonyl (C=O) groups excluding carboxylic acids is 1. The van der Waals surface area contributed by atoms with Gasteiger partial charge in [-0.2, -0.15) is 0 Å². The summed E-state index contributed by atoms with van der Waals surface area (Å²) in [6.45, 7) is 2.95. The van der Waals surface area contributed by atoms with Crippen LogP contribution in [0.5, 0.6) is 0 Å². The third-order valence-electron chi connectivity index (χ3n) is 4.73. The van der Waals surface area contributed by atoms with Gasteiger partial charge >= 0.3 is 6.09 Å². The average molecular weight is 332 g/mol. The van der Waals surface area contributed by atoms with Gasteiger partial charge in [0.15, 0.2) is 0 Å². The molecular weight excluding hydrogens is 308 g/mol. The van der Waals surface area contributed by atoms with Gasteiger partial charge in [0.2, 0.25) is 0 Å². The lowest BCUT2D eigenvalue weighted by Gasteiger charge is -2.34. The zero-order valence-electron chi connectivity index (χ0n) is 14.1. The zero-order valence-corrected chi connectivity index (χ0v) is 14.1. The van der Waals surface area contributed by atoms with Crippen molar-refractivity contribution in [3.8, 4) is 0 Å². The van der Waals surface area contributed by atoms with Crippen LogP contribution >= 0.6 is 0 Å². The molecular formula is C16H24N6O2. The van der Waals surface area contributed by atoms with Crippen molar-refractivity contribution < 1.29 is 9.53 Å². The van der Waals surface area contributed by atoms with Gasteiger partial charge in [0.25, 0.3) is 0 Å². The van der Waals surface area contributed by atoms with Gasteiger partial charge in [-0.3, -0.25) is 0 Å². The molecule has 3 rings (SSSR count). The number of anilines is 2. The van der Waals surface area contributed by atoms with E-state index in [2.05, 4.69) is 20.6 Å². The number of nitrogens with zero attached hydrogens (tertiary/aromatic N) is 3. The highest BCUT2D eigenvalue weighted by Crippen LogP contribution is 2.28. The van der Waals surface area contributed by atoms with Crippen molar-refractivity contribution in [1.82, 2.24) is 14.9 Å². The first kappa shape index (κ1) is 16.5. The Morgan fingerprint density at radius 3 is 2.58 bits per heavy atom. The Labute approximate surface area is 141 Å². The number of nitrogens with one attached hydrogen (secondary N) is 3. The molecule has 1 saturated carbocycles. The molecule has 24 heavy (non-hydrogen) atoms. The number of amides is 1. The molecule has 8 heteroatoms. The van der Waals surface area contributed by atoms with Crippen molar-refractivity contribution >= 4 is 23.4 Å². The largest absolute Gasteiger partial charge is 0.448 e. The van der Waals surface area contributed by atoms with E-state index in [1.807, 2.05) is 4.90 Å². The molecule has 2 fully saturated rings. The number of hydrogen-bond acceptors (Lipinski definition) is 7. The van der Waals surface area contributed by atoms with Crippen LogP contribution in [0.4, 0.5) is 16.4 Å². The Balaban J connectivity index is 1.64. The molecule has 0 spiro atoms. The first-order valence-corrected chi connectivity index (χ1v) is 8.38. The molecule has 1 aromatic heterocycles. The third kappa shape index (κ3) is 3.27. The molecule has 0 unspecified atom stereocenters. The van der Waals surface area contributed by atoms with E-state index in [1.54, 1.807) is 14.0 Å². The van der Waals surface area contributed by atoms with Crippen LogP contribution < -0.4 is 10.6 Å². The molecule has 3 N–H and O–H groups in total. The first-order chi connectivity index (χ1) is 11.6. The number of carbonyl (C=O) groups is 1. The number of aromatic nitrogens is 2. The SMILES string of the molecule is CNc1ncnc(NC2CCC(N3CCOC3=O)CC2)c1C(C)=N. The molecule has 1 amide bonds.